The number of H-pyrrole nitrogens is 1. The van der Waals surface area contributed by atoms with Crippen molar-refractivity contribution < 1.29 is 23.4 Å². The Morgan fingerprint density at radius 1 is 1.31 bits per heavy atom. The Kier molecular flexibility index (Phi) is 4.51. The maximum absolute atomic E-state index is 14.7. The number of fused-ring (bicyclic) bond motifs is 2. The van der Waals surface area contributed by atoms with Crippen molar-refractivity contribution in [3.05, 3.63) is 53.6 Å². The van der Waals surface area contributed by atoms with Gasteiger partial charge in [-0.25, -0.2) is 13.6 Å². The van der Waals surface area contributed by atoms with Crippen LogP contribution in [0.25, 0.3) is 27.5 Å². The molecular formula is C24H23F2N3O3. The lowest BCUT2D eigenvalue weighted by molar-refractivity contribution is -0.158. The van der Waals surface area contributed by atoms with Crippen molar-refractivity contribution in [2.75, 3.05) is 7.11 Å². The van der Waals surface area contributed by atoms with Gasteiger partial charge in [-0.1, -0.05) is 13.8 Å². The minimum absolute atomic E-state index is 0.0457. The first-order valence-electron chi connectivity index (χ1n) is 10.5. The number of halogens is 2. The predicted molar refractivity (Wildman–Crippen MR) is 117 cm³/mol. The number of alkyl halides is 1. The fourth-order valence-corrected chi connectivity index (χ4v) is 4.93. The smallest absolute Gasteiger partial charge is 0.341 e. The third-order valence-corrected chi connectivity index (χ3v) is 6.48. The summed E-state index contributed by atoms with van der Waals surface area (Å²) in [7, 11) is 1.42. The molecule has 2 N–H and O–H groups in total. The van der Waals surface area contributed by atoms with E-state index in [0.29, 0.717) is 0 Å². The van der Waals surface area contributed by atoms with E-state index in [1.807, 2.05) is 30.5 Å². The lowest BCUT2D eigenvalue weighted by Gasteiger charge is -2.39. The number of aromatic amines is 1. The molecule has 1 saturated carbocycles. The molecule has 8 heteroatoms. The highest BCUT2D eigenvalue weighted by Crippen LogP contribution is 2.52. The maximum atomic E-state index is 14.7. The highest BCUT2D eigenvalue weighted by atomic mass is 19.1. The second kappa shape index (κ2) is 7.05. The van der Waals surface area contributed by atoms with Crippen molar-refractivity contribution in [3.63, 3.8) is 0 Å². The Bertz CT molecular complexity index is 1370. The molecule has 4 aromatic rings. The molecule has 0 unspecified atom stereocenters. The van der Waals surface area contributed by atoms with Gasteiger partial charge in [0.1, 0.15) is 0 Å². The number of carbonyl (C=O) groups is 1. The summed E-state index contributed by atoms with van der Waals surface area (Å²) in [6.45, 7) is 4.09. The number of hydrogen-bond acceptors (Lipinski definition) is 3. The molecule has 0 spiro atoms. The summed E-state index contributed by atoms with van der Waals surface area (Å²) in [6, 6.07) is 8.67. The van der Waals surface area contributed by atoms with E-state index in [2.05, 4.69) is 10.2 Å². The number of nitrogens with one attached hydrogen (secondary N) is 1. The minimum atomic E-state index is -2.20. The molecule has 5 rings (SSSR count). The number of benzene rings is 2. The van der Waals surface area contributed by atoms with Crippen LogP contribution in [0.3, 0.4) is 0 Å². The topological polar surface area (TPSA) is 80.1 Å². The summed E-state index contributed by atoms with van der Waals surface area (Å²) in [4.78, 5) is 11.4. The fraction of sp³-hybridized carbons (Fsp3) is 0.333. The summed E-state index contributed by atoms with van der Waals surface area (Å²) in [6.07, 6.45) is 1.58. The van der Waals surface area contributed by atoms with E-state index in [0.717, 1.165) is 38.8 Å². The largest absolute Gasteiger partial charge is 0.494 e. The van der Waals surface area contributed by atoms with Crippen LogP contribution in [0.4, 0.5) is 8.78 Å². The molecule has 1 aliphatic carbocycles. The molecule has 1 fully saturated rings. The van der Waals surface area contributed by atoms with Crippen LogP contribution in [0.2, 0.25) is 0 Å². The molecule has 2 aromatic carbocycles. The van der Waals surface area contributed by atoms with E-state index < -0.39 is 17.5 Å². The zero-order chi connectivity index (χ0) is 22.8. The number of aliphatic carboxylic acids is 1. The van der Waals surface area contributed by atoms with Crippen molar-refractivity contribution in [2.24, 2.45) is 0 Å². The van der Waals surface area contributed by atoms with Crippen molar-refractivity contribution >= 4 is 27.8 Å². The van der Waals surface area contributed by atoms with E-state index in [4.69, 9.17) is 4.74 Å². The van der Waals surface area contributed by atoms with Gasteiger partial charge >= 0.3 is 5.97 Å². The van der Waals surface area contributed by atoms with Gasteiger partial charge in [-0.3, -0.25) is 5.10 Å². The van der Waals surface area contributed by atoms with Crippen molar-refractivity contribution in [3.8, 4) is 11.4 Å². The number of carboxylic acid groups (broad SMARTS) is 1. The summed E-state index contributed by atoms with van der Waals surface area (Å²) in [5.41, 5.74) is 2.11. The van der Waals surface area contributed by atoms with E-state index in [1.54, 1.807) is 18.3 Å². The van der Waals surface area contributed by atoms with Gasteiger partial charge < -0.3 is 14.4 Å². The second-order valence-corrected chi connectivity index (χ2v) is 8.81. The molecule has 0 aliphatic heterocycles. The fourth-order valence-electron chi connectivity index (χ4n) is 4.93. The quantitative estimate of drug-likeness (QED) is 0.433. The highest BCUT2D eigenvalue weighted by molar-refractivity contribution is 5.99. The number of rotatable bonds is 5. The van der Waals surface area contributed by atoms with Gasteiger partial charge in [0.25, 0.3) is 0 Å². The van der Waals surface area contributed by atoms with Gasteiger partial charge in [0.2, 0.25) is 5.67 Å². The molecule has 32 heavy (non-hydrogen) atoms. The number of ether oxygens (including phenoxy) is 1. The standard InChI is InChI=1S/C24H23F2N3O3/c1-12(2)22-21(14-9-24(26,10-14)23(30)31)16-8-18-13(11-27-28-18)6-19(16)29(22)15-4-5-17(25)20(7-15)32-3/h4-8,11-12,14H,9-10H2,1-3H3,(H,27,28)(H,30,31)/t14-,24+. The summed E-state index contributed by atoms with van der Waals surface area (Å²) in [5.74, 6) is -1.94. The Labute approximate surface area is 182 Å². The van der Waals surface area contributed by atoms with Crippen LogP contribution in [0.1, 0.15) is 49.8 Å². The number of carboxylic acids is 1. The van der Waals surface area contributed by atoms with Crippen molar-refractivity contribution in [2.45, 2.75) is 44.2 Å². The molecule has 2 heterocycles. The Morgan fingerprint density at radius 2 is 2.06 bits per heavy atom. The Hall–Kier alpha value is -3.42. The molecular weight excluding hydrogens is 416 g/mol. The molecule has 2 aromatic heterocycles. The SMILES string of the molecule is COc1cc(-n2c(C(C)C)c([C@H]3C[C@](F)(C(=O)O)C3)c3cc4[nH]ncc4cc32)ccc1F. The number of methoxy groups -OCH3 is 1. The van der Waals surface area contributed by atoms with Crippen LogP contribution < -0.4 is 4.74 Å². The van der Waals surface area contributed by atoms with E-state index in [1.165, 1.54) is 13.2 Å². The van der Waals surface area contributed by atoms with Gasteiger partial charge in [0.05, 0.1) is 24.3 Å². The van der Waals surface area contributed by atoms with Gasteiger partial charge in [-0.2, -0.15) is 5.10 Å². The lowest BCUT2D eigenvalue weighted by Crippen LogP contribution is -2.45. The van der Waals surface area contributed by atoms with Gasteiger partial charge in [0, 0.05) is 28.2 Å². The summed E-state index contributed by atoms with van der Waals surface area (Å²) < 4.78 is 36.1. The number of hydrogen-bond donors (Lipinski definition) is 2. The Balaban J connectivity index is 1.81. The molecule has 166 valence electrons. The molecule has 0 amide bonds. The van der Waals surface area contributed by atoms with E-state index >= 15 is 0 Å². The predicted octanol–water partition coefficient (Wildman–Crippen LogP) is 5.45. The molecule has 0 radical (unpaired) electrons. The van der Waals surface area contributed by atoms with Crippen molar-refractivity contribution in [1.29, 1.82) is 0 Å². The third-order valence-electron chi connectivity index (χ3n) is 6.48. The zero-order valence-electron chi connectivity index (χ0n) is 17.9. The zero-order valence-corrected chi connectivity index (χ0v) is 17.9. The van der Waals surface area contributed by atoms with Gasteiger partial charge in [-0.15, -0.1) is 0 Å². The van der Waals surface area contributed by atoms with Crippen LogP contribution in [-0.2, 0) is 4.79 Å². The normalized spacial score (nSPS) is 20.8. The summed E-state index contributed by atoms with van der Waals surface area (Å²) >= 11 is 0. The first-order valence-corrected chi connectivity index (χ1v) is 10.5. The minimum Gasteiger partial charge on any atom is -0.494 e. The number of aromatic nitrogens is 3. The molecule has 1 aliphatic rings. The molecule has 0 saturated heterocycles. The molecule has 0 bridgehead atoms. The van der Waals surface area contributed by atoms with Crippen LogP contribution in [-0.4, -0.2) is 38.6 Å². The maximum Gasteiger partial charge on any atom is 0.341 e. The first kappa shape index (κ1) is 20.5. The monoisotopic (exact) mass is 439 g/mol. The van der Waals surface area contributed by atoms with Crippen LogP contribution in [0.15, 0.2) is 36.5 Å². The van der Waals surface area contributed by atoms with Crippen LogP contribution in [0.5, 0.6) is 5.75 Å². The van der Waals surface area contributed by atoms with E-state index in [-0.39, 0.29) is 30.4 Å². The average molecular weight is 439 g/mol. The van der Waals surface area contributed by atoms with Gasteiger partial charge in [-0.05, 0) is 54.5 Å². The first-order chi connectivity index (χ1) is 15.2. The highest BCUT2D eigenvalue weighted by Gasteiger charge is 2.53. The van der Waals surface area contributed by atoms with Crippen LogP contribution in [0, 0.1) is 5.82 Å². The third kappa shape index (κ3) is 2.89. The second-order valence-electron chi connectivity index (χ2n) is 8.81. The van der Waals surface area contributed by atoms with E-state index in [9.17, 15) is 18.7 Å². The van der Waals surface area contributed by atoms with Crippen LogP contribution >= 0.6 is 0 Å². The Morgan fingerprint density at radius 3 is 2.72 bits per heavy atom. The molecule has 6 nitrogen and oxygen atoms in total. The lowest BCUT2D eigenvalue weighted by atomic mass is 9.68. The van der Waals surface area contributed by atoms with Crippen molar-refractivity contribution in [1.82, 2.24) is 14.8 Å². The van der Waals surface area contributed by atoms with Gasteiger partial charge in [0.15, 0.2) is 11.6 Å². The average Bonchev–Trinajstić information content (AvgIpc) is 3.31. The number of nitrogens with zero attached hydrogens (tertiary/aromatic N) is 2. The molecule has 0 atom stereocenters. The summed E-state index contributed by atoms with van der Waals surface area (Å²) in [5, 5.41) is 18.2.